The van der Waals surface area contributed by atoms with E-state index in [0.717, 1.165) is 37.0 Å². The molecular weight excluding hydrogens is 472 g/mol. The van der Waals surface area contributed by atoms with Gasteiger partial charge in [0.25, 0.3) is 0 Å². The maximum absolute atomic E-state index is 13.7. The van der Waals surface area contributed by atoms with Gasteiger partial charge < -0.3 is 28.4 Å². The molecule has 2 heterocycles. The average Bonchev–Trinajstić information content (AvgIpc) is 3.53. The summed E-state index contributed by atoms with van der Waals surface area (Å²) in [6.07, 6.45) is 4.34. The number of fused-ring (bicyclic) bond motifs is 1. The highest BCUT2D eigenvalue weighted by Crippen LogP contribution is 2.33. The van der Waals surface area contributed by atoms with Crippen LogP contribution in [-0.4, -0.2) is 54.7 Å². The molecule has 204 valence electrons. The van der Waals surface area contributed by atoms with Gasteiger partial charge in [0.1, 0.15) is 11.5 Å². The van der Waals surface area contributed by atoms with Crippen molar-refractivity contribution in [2.24, 2.45) is 5.92 Å². The summed E-state index contributed by atoms with van der Waals surface area (Å²) in [6.45, 7) is 10.6. The number of hydrogen-bond acceptors (Lipinski definition) is 6. The van der Waals surface area contributed by atoms with E-state index in [-0.39, 0.29) is 31.1 Å². The highest BCUT2D eigenvalue weighted by molar-refractivity contribution is 5.86. The van der Waals surface area contributed by atoms with Crippen LogP contribution >= 0.6 is 0 Å². The van der Waals surface area contributed by atoms with E-state index in [1.54, 1.807) is 9.80 Å². The highest BCUT2D eigenvalue weighted by Gasteiger charge is 2.27. The summed E-state index contributed by atoms with van der Waals surface area (Å²) in [5.74, 6) is 2.73. The van der Waals surface area contributed by atoms with Gasteiger partial charge in [-0.3, -0.25) is 9.59 Å². The molecule has 8 nitrogen and oxygen atoms in total. The molecule has 0 bridgehead atoms. The SMILES string of the molecule is CCCCC(CC)C(=O)N(CCCOCC)CC(=O)N(Cc1ccc2c(c1)OCO2)Cc1ccc(C)o1. The van der Waals surface area contributed by atoms with Gasteiger partial charge in [-0.05, 0) is 62.9 Å². The number of benzene rings is 1. The maximum atomic E-state index is 13.7. The summed E-state index contributed by atoms with van der Waals surface area (Å²) in [5, 5.41) is 0. The molecule has 1 aromatic carbocycles. The fraction of sp³-hybridized carbons (Fsp3) is 0.586. The lowest BCUT2D eigenvalue weighted by Crippen LogP contribution is -2.45. The van der Waals surface area contributed by atoms with Crippen LogP contribution in [0.25, 0.3) is 0 Å². The molecule has 1 aliphatic rings. The molecule has 1 aliphatic heterocycles. The van der Waals surface area contributed by atoms with Gasteiger partial charge in [-0.25, -0.2) is 0 Å². The van der Waals surface area contributed by atoms with Crippen LogP contribution in [0.1, 0.15) is 70.0 Å². The van der Waals surface area contributed by atoms with E-state index in [1.165, 1.54) is 0 Å². The van der Waals surface area contributed by atoms with Crippen LogP contribution in [0.2, 0.25) is 0 Å². The fourth-order valence-electron chi connectivity index (χ4n) is 4.49. The Balaban J connectivity index is 1.78. The first-order valence-corrected chi connectivity index (χ1v) is 13.5. The summed E-state index contributed by atoms with van der Waals surface area (Å²) in [7, 11) is 0. The topological polar surface area (TPSA) is 81.5 Å². The van der Waals surface area contributed by atoms with E-state index < -0.39 is 0 Å². The first kappa shape index (κ1) is 28.6. The molecular formula is C29H42N2O6. The summed E-state index contributed by atoms with van der Waals surface area (Å²) in [5.41, 5.74) is 0.921. The molecule has 3 rings (SSSR count). The monoisotopic (exact) mass is 514 g/mol. The van der Waals surface area contributed by atoms with E-state index in [0.29, 0.717) is 56.5 Å². The predicted octanol–water partition coefficient (Wildman–Crippen LogP) is 5.32. The second-order valence-electron chi connectivity index (χ2n) is 9.51. The summed E-state index contributed by atoms with van der Waals surface area (Å²) < 4.78 is 22.2. The largest absolute Gasteiger partial charge is 0.464 e. The van der Waals surface area contributed by atoms with Gasteiger partial charge in [0, 0.05) is 32.2 Å². The van der Waals surface area contributed by atoms with Crippen LogP contribution in [0.4, 0.5) is 0 Å². The molecule has 0 N–H and O–H groups in total. The zero-order chi connectivity index (χ0) is 26.6. The Kier molecular flexibility index (Phi) is 11.3. The third kappa shape index (κ3) is 8.52. The van der Waals surface area contributed by atoms with Crippen molar-refractivity contribution < 1.29 is 28.2 Å². The molecule has 8 heteroatoms. The molecule has 2 aromatic rings. The second-order valence-corrected chi connectivity index (χ2v) is 9.51. The molecule has 0 aliphatic carbocycles. The molecule has 2 amide bonds. The lowest BCUT2D eigenvalue weighted by molar-refractivity contribution is -0.144. The Bertz CT molecular complexity index is 1000. The highest BCUT2D eigenvalue weighted by atomic mass is 16.7. The van der Waals surface area contributed by atoms with Crippen molar-refractivity contribution in [1.82, 2.24) is 9.80 Å². The molecule has 1 aromatic heterocycles. The lowest BCUT2D eigenvalue weighted by Gasteiger charge is -2.30. The van der Waals surface area contributed by atoms with Crippen molar-refractivity contribution in [2.45, 2.75) is 72.9 Å². The van der Waals surface area contributed by atoms with Gasteiger partial charge in [0.05, 0.1) is 13.1 Å². The van der Waals surface area contributed by atoms with Gasteiger partial charge in [-0.2, -0.15) is 0 Å². The Hall–Kier alpha value is -3.00. The van der Waals surface area contributed by atoms with Crippen LogP contribution in [0.3, 0.4) is 0 Å². The van der Waals surface area contributed by atoms with Crippen LogP contribution in [0, 0.1) is 12.8 Å². The van der Waals surface area contributed by atoms with Crippen molar-refractivity contribution in [3.8, 4) is 11.5 Å². The third-order valence-electron chi connectivity index (χ3n) is 6.61. The zero-order valence-electron chi connectivity index (χ0n) is 22.8. The number of rotatable bonds is 16. The number of aryl methyl sites for hydroxylation is 1. The minimum Gasteiger partial charge on any atom is -0.464 e. The van der Waals surface area contributed by atoms with E-state index in [2.05, 4.69) is 6.92 Å². The van der Waals surface area contributed by atoms with Crippen molar-refractivity contribution in [1.29, 1.82) is 0 Å². The van der Waals surface area contributed by atoms with Crippen molar-refractivity contribution in [3.05, 3.63) is 47.4 Å². The number of hydrogen-bond donors (Lipinski definition) is 0. The predicted molar refractivity (Wildman–Crippen MR) is 141 cm³/mol. The molecule has 0 saturated carbocycles. The normalized spacial score (nSPS) is 13.0. The fourth-order valence-corrected chi connectivity index (χ4v) is 4.49. The van der Waals surface area contributed by atoms with Gasteiger partial charge in [0.15, 0.2) is 11.5 Å². The van der Waals surface area contributed by atoms with Crippen LogP contribution in [0.15, 0.2) is 34.7 Å². The lowest BCUT2D eigenvalue weighted by atomic mass is 9.97. The van der Waals surface area contributed by atoms with Gasteiger partial charge >= 0.3 is 0 Å². The summed E-state index contributed by atoms with van der Waals surface area (Å²) >= 11 is 0. The minimum atomic E-state index is -0.123. The number of carbonyl (C=O) groups excluding carboxylic acids is 2. The Morgan fingerprint density at radius 1 is 1.00 bits per heavy atom. The molecule has 0 saturated heterocycles. The number of unbranched alkanes of at least 4 members (excludes halogenated alkanes) is 1. The van der Waals surface area contributed by atoms with Crippen molar-refractivity contribution in [2.75, 3.05) is 33.1 Å². The summed E-state index contributed by atoms with van der Waals surface area (Å²) in [6, 6.07) is 9.48. The molecule has 37 heavy (non-hydrogen) atoms. The van der Waals surface area contributed by atoms with Crippen molar-refractivity contribution >= 4 is 11.8 Å². The number of amides is 2. The van der Waals surface area contributed by atoms with Crippen LogP contribution < -0.4 is 9.47 Å². The Morgan fingerprint density at radius 2 is 1.81 bits per heavy atom. The number of ether oxygens (including phenoxy) is 3. The third-order valence-corrected chi connectivity index (χ3v) is 6.61. The maximum Gasteiger partial charge on any atom is 0.242 e. The van der Waals surface area contributed by atoms with Crippen LogP contribution in [0.5, 0.6) is 11.5 Å². The van der Waals surface area contributed by atoms with Gasteiger partial charge in [0.2, 0.25) is 18.6 Å². The standard InChI is InChI=1S/C29H42N2O6/c1-5-8-10-24(6-2)29(33)30(15-9-16-34-7-3)20-28(32)31(19-25-13-11-22(4)37-25)18-23-12-14-26-27(17-23)36-21-35-26/h11-14,17,24H,5-10,15-16,18-21H2,1-4H3. The smallest absolute Gasteiger partial charge is 0.242 e. The molecule has 1 unspecified atom stereocenters. The first-order chi connectivity index (χ1) is 17.9. The zero-order valence-corrected chi connectivity index (χ0v) is 22.8. The van der Waals surface area contributed by atoms with Crippen LogP contribution in [-0.2, 0) is 27.4 Å². The van der Waals surface area contributed by atoms with E-state index in [9.17, 15) is 9.59 Å². The quantitative estimate of drug-likeness (QED) is 0.282. The average molecular weight is 515 g/mol. The number of carbonyl (C=O) groups is 2. The molecule has 0 fully saturated rings. The summed E-state index contributed by atoms with van der Waals surface area (Å²) in [4.78, 5) is 30.7. The second kappa shape index (κ2) is 14.7. The molecule has 0 spiro atoms. The minimum absolute atomic E-state index is 0.0256. The Labute approximate surface area is 220 Å². The van der Waals surface area contributed by atoms with Gasteiger partial charge in [-0.1, -0.05) is 32.8 Å². The molecule has 0 radical (unpaired) electrons. The molecule has 1 atom stereocenters. The van der Waals surface area contributed by atoms with E-state index in [4.69, 9.17) is 18.6 Å². The van der Waals surface area contributed by atoms with E-state index >= 15 is 0 Å². The van der Waals surface area contributed by atoms with Crippen molar-refractivity contribution in [3.63, 3.8) is 0 Å². The van der Waals surface area contributed by atoms with Gasteiger partial charge in [-0.15, -0.1) is 0 Å². The number of furan rings is 1. The first-order valence-electron chi connectivity index (χ1n) is 13.5. The number of nitrogens with zero attached hydrogens (tertiary/aromatic N) is 2. The van der Waals surface area contributed by atoms with E-state index in [1.807, 2.05) is 51.1 Å². The Morgan fingerprint density at radius 3 is 2.51 bits per heavy atom.